The molecule has 0 radical (unpaired) electrons. The Kier molecular flexibility index (Phi) is 10.7. The normalized spacial score (nSPS) is 14.0. The Morgan fingerprint density at radius 1 is 1.14 bits per heavy atom. The van der Waals surface area contributed by atoms with Gasteiger partial charge >= 0.3 is 5.97 Å². The van der Waals surface area contributed by atoms with Crippen LogP contribution in [0.3, 0.4) is 0 Å². The average molecular weight is 599 g/mol. The maximum Gasteiger partial charge on any atom is 0.323 e. The molecule has 0 aromatic heterocycles. The number of rotatable bonds is 12. The smallest absolute Gasteiger partial charge is 0.323 e. The zero-order chi connectivity index (χ0) is 31.0. The molecule has 2 aromatic carbocycles. The van der Waals surface area contributed by atoms with E-state index in [1.807, 2.05) is 4.90 Å². The topological polar surface area (TPSA) is 193 Å². The van der Waals surface area contributed by atoms with Gasteiger partial charge in [0.15, 0.2) is 5.75 Å². The van der Waals surface area contributed by atoms with Gasteiger partial charge in [-0.15, -0.1) is 0 Å². The third kappa shape index (κ3) is 8.32. The van der Waals surface area contributed by atoms with E-state index in [4.69, 9.17) is 31.8 Å². The van der Waals surface area contributed by atoms with Gasteiger partial charge in [0.25, 0.3) is 5.91 Å². The third-order valence-corrected chi connectivity index (χ3v) is 8.38. The fourth-order valence-corrected chi connectivity index (χ4v) is 5.95. The summed E-state index contributed by atoms with van der Waals surface area (Å²) < 4.78 is 39.1. The Balaban J connectivity index is 1.97. The molecule has 1 saturated heterocycles. The molecule has 0 aliphatic carbocycles. The number of nitrogens with zero attached hydrogens (tertiary/aromatic N) is 2. The van der Waals surface area contributed by atoms with E-state index in [0.717, 1.165) is 4.31 Å². The number of carbonyl (C=O) groups is 2. The molecule has 13 heteroatoms. The fourth-order valence-electron chi connectivity index (χ4n) is 4.60. The second-order valence-electron chi connectivity index (χ2n) is 9.92. The predicted octanol–water partition coefficient (Wildman–Crippen LogP) is 2.63. The van der Waals surface area contributed by atoms with Crippen molar-refractivity contribution in [2.75, 3.05) is 36.3 Å². The highest BCUT2D eigenvalue weighted by molar-refractivity contribution is 7.93. The maximum atomic E-state index is 13.5. The first-order valence-electron chi connectivity index (χ1n) is 13.5. The molecule has 0 spiro atoms. The van der Waals surface area contributed by atoms with Crippen molar-refractivity contribution in [3.05, 3.63) is 64.7 Å². The molecule has 2 aromatic rings. The lowest BCUT2D eigenvalue weighted by molar-refractivity contribution is -0.139. The van der Waals surface area contributed by atoms with Crippen molar-refractivity contribution in [3.63, 3.8) is 0 Å². The predicted molar refractivity (Wildman–Crippen MR) is 163 cm³/mol. The van der Waals surface area contributed by atoms with Crippen LogP contribution in [-0.2, 0) is 19.6 Å². The zero-order valence-electron chi connectivity index (χ0n) is 24.1. The van der Waals surface area contributed by atoms with Crippen molar-refractivity contribution in [3.8, 4) is 5.75 Å². The molecule has 1 amide bonds. The van der Waals surface area contributed by atoms with Gasteiger partial charge in [-0.05, 0) is 50.1 Å². The van der Waals surface area contributed by atoms with E-state index in [1.54, 1.807) is 63.3 Å². The lowest BCUT2D eigenvalue weighted by Crippen LogP contribution is -2.40. The van der Waals surface area contributed by atoms with E-state index in [-0.39, 0.29) is 42.1 Å². The Labute approximate surface area is 246 Å². The Morgan fingerprint density at radius 2 is 1.83 bits per heavy atom. The van der Waals surface area contributed by atoms with Gasteiger partial charge < -0.3 is 25.8 Å². The molecular formula is C29H38N6O6S. The second kappa shape index (κ2) is 14.0. The minimum Gasteiger partial charge on any atom is -0.489 e. The van der Waals surface area contributed by atoms with Crippen molar-refractivity contribution in [1.29, 1.82) is 10.8 Å². The molecule has 12 nitrogen and oxygen atoms in total. The number of carbonyl (C=O) groups excluding carboxylic acids is 2. The number of hydrogen-bond acceptors (Lipinski definition) is 8. The van der Waals surface area contributed by atoms with E-state index in [9.17, 15) is 18.0 Å². The number of esters is 1. The number of amidine groups is 2. The highest BCUT2D eigenvalue weighted by Gasteiger charge is 2.29. The number of nitrogen functional groups attached to an aromatic ring is 1. The first-order chi connectivity index (χ1) is 19.8. The summed E-state index contributed by atoms with van der Waals surface area (Å²) >= 11 is 0. The SMILES string of the molecule is CCOC(=O)CS(=O)(=O)N(CC=Cc1cccc(C(=N)N)c1)c1cc(C(N)=O)c(OC2CCN(C(C)=N)CC2)cc1C. The molecule has 1 heterocycles. The van der Waals surface area contributed by atoms with Crippen LogP contribution in [0.15, 0.2) is 42.5 Å². The van der Waals surface area contributed by atoms with Gasteiger partial charge in [-0.1, -0.05) is 30.4 Å². The Hall–Kier alpha value is -4.39. The van der Waals surface area contributed by atoms with Gasteiger partial charge in [0.05, 0.1) is 30.2 Å². The molecule has 1 aliphatic rings. The summed E-state index contributed by atoms with van der Waals surface area (Å²) in [4.78, 5) is 26.7. The number of anilines is 1. The second-order valence-corrected chi connectivity index (χ2v) is 11.8. The number of nitrogens with one attached hydrogen (secondary N) is 2. The Bertz CT molecular complexity index is 1480. The lowest BCUT2D eigenvalue weighted by Gasteiger charge is -2.33. The van der Waals surface area contributed by atoms with Gasteiger partial charge in [-0.3, -0.25) is 24.7 Å². The summed E-state index contributed by atoms with van der Waals surface area (Å²) in [6, 6.07) is 9.83. The summed E-state index contributed by atoms with van der Waals surface area (Å²) in [6.45, 7) is 6.13. The van der Waals surface area contributed by atoms with E-state index >= 15 is 0 Å². The molecule has 42 heavy (non-hydrogen) atoms. The number of sulfonamides is 1. The number of ether oxygens (including phenoxy) is 2. The number of likely N-dealkylation sites (tertiary alicyclic amines) is 1. The molecule has 0 unspecified atom stereocenters. The molecule has 0 bridgehead atoms. The van der Waals surface area contributed by atoms with E-state index < -0.39 is 27.7 Å². The first-order valence-corrected chi connectivity index (χ1v) is 15.1. The molecule has 1 aliphatic heterocycles. The molecule has 0 atom stereocenters. The van der Waals surface area contributed by atoms with Gasteiger partial charge in [-0.25, -0.2) is 8.42 Å². The highest BCUT2D eigenvalue weighted by Crippen LogP contribution is 2.33. The van der Waals surface area contributed by atoms with Crippen LogP contribution < -0.4 is 20.5 Å². The van der Waals surface area contributed by atoms with Crippen LogP contribution in [0.25, 0.3) is 6.08 Å². The quantitative estimate of drug-likeness (QED) is 0.163. The zero-order valence-corrected chi connectivity index (χ0v) is 24.9. The number of amides is 1. The molecule has 3 rings (SSSR count). The summed E-state index contributed by atoms with van der Waals surface area (Å²) in [5.74, 6) is -1.97. The fraction of sp³-hybridized carbons (Fsp3) is 0.379. The summed E-state index contributed by atoms with van der Waals surface area (Å²) in [5.41, 5.74) is 13.1. The molecule has 0 saturated carbocycles. The van der Waals surface area contributed by atoms with Crippen molar-refractivity contribution in [1.82, 2.24) is 4.90 Å². The van der Waals surface area contributed by atoms with Crippen LogP contribution in [-0.4, -0.2) is 75.0 Å². The average Bonchev–Trinajstić information content (AvgIpc) is 2.91. The van der Waals surface area contributed by atoms with Crippen LogP contribution in [0.4, 0.5) is 5.69 Å². The molecule has 226 valence electrons. The number of nitrogens with two attached hydrogens (primary N) is 2. The van der Waals surface area contributed by atoms with Crippen molar-refractivity contribution in [2.24, 2.45) is 11.5 Å². The van der Waals surface area contributed by atoms with E-state index in [1.165, 1.54) is 6.07 Å². The van der Waals surface area contributed by atoms with Crippen LogP contribution in [0.2, 0.25) is 0 Å². The van der Waals surface area contributed by atoms with Gasteiger partial charge in [0.1, 0.15) is 17.7 Å². The Morgan fingerprint density at radius 3 is 2.43 bits per heavy atom. The minimum absolute atomic E-state index is 0.00994. The number of hydrogen-bond donors (Lipinski definition) is 4. The van der Waals surface area contributed by atoms with Gasteiger partial charge in [0, 0.05) is 31.5 Å². The van der Waals surface area contributed by atoms with Crippen LogP contribution in [0.5, 0.6) is 5.75 Å². The standard InChI is InChI=1S/C29H38N6O6S/c1-4-40-27(36)18-42(38,39)35(12-6-8-21-7-5-9-22(16-21)28(31)32)25-17-24(29(33)37)26(15-19(25)2)41-23-10-13-34(14-11-23)20(3)30/h5-9,15-17,23,30H,4,10-14,18H2,1-3H3,(H3,31,32)(H2,33,37). The largest absolute Gasteiger partial charge is 0.489 e. The maximum absolute atomic E-state index is 13.5. The number of piperidine rings is 1. The molecule has 1 fully saturated rings. The van der Waals surface area contributed by atoms with Gasteiger partial charge in [-0.2, -0.15) is 0 Å². The number of aryl methyl sites for hydroxylation is 1. The van der Waals surface area contributed by atoms with Crippen LogP contribution >= 0.6 is 0 Å². The van der Waals surface area contributed by atoms with Crippen molar-refractivity contribution < 1.29 is 27.5 Å². The van der Waals surface area contributed by atoms with Gasteiger partial charge in [0.2, 0.25) is 10.0 Å². The highest BCUT2D eigenvalue weighted by atomic mass is 32.2. The summed E-state index contributed by atoms with van der Waals surface area (Å²) in [5, 5.41) is 15.5. The van der Waals surface area contributed by atoms with E-state index in [0.29, 0.717) is 48.5 Å². The minimum atomic E-state index is -4.26. The number of primary amides is 1. The van der Waals surface area contributed by atoms with E-state index in [2.05, 4.69) is 0 Å². The van der Waals surface area contributed by atoms with Crippen LogP contribution in [0, 0.1) is 17.7 Å². The molecular weight excluding hydrogens is 560 g/mol. The summed E-state index contributed by atoms with van der Waals surface area (Å²) in [7, 11) is -4.26. The third-order valence-electron chi connectivity index (χ3n) is 6.76. The summed E-state index contributed by atoms with van der Waals surface area (Å²) in [6.07, 6.45) is 4.34. The van der Waals surface area contributed by atoms with Crippen molar-refractivity contribution >= 4 is 45.3 Å². The van der Waals surface area contributed by atoms with Crippen molar-refractivity contribution in [2.45, 2.75) is 39.7 Å². The first kappa shape index (κ1) is 32.1. The van der Waals surface area contributed by atoms with Crippen LogP contribution in [0.1, 0.15) is 53.7 Å². The lowest BCUT2D eigenvalue weighted by atomic mass is 10.1. The monoisotopic (exact) mass is 598 g/mol. The molecule has 6 N–H and O–H groups in total. The number of benzene rings is 2.